The molecule has 0 fully saturated rings. The fourth-order valence-corrected chi connectivity index (χ4v) is 1.34. The molecule has 3 N–H and O–H groups in total. The summed E-state index contributed by atoms with van der Waals surface area (Å²) in [4.78, 5) is 0. The van der Waals surface area contributed by atoms with Crippen molar-refractivity contribution in [2.24, 2.45) is 5.73 Å². The lowest BCUT2D eigenvalue weighted by Crippen LogP contribution is -2.16. The molecule has 1 rings (SSSR count). The van der Waals surface area contributed by atoms with Crippen LogP contribution in [0.1, 0.15) is 25.3 Å². The molecule has 0 aliphatic rings. The summed E-state index contributed by atoms with van der Waals surface area (Å²) >= 11 is 0. The second-order valence-corrected chi connectivity index (χ2v) is 3.74. The van der Waals surface area contributed by atoms with Crippen LogP contribution < -0.4 is 10.5 Å². The van der Waals surface area contributed by atoms with Gasteiger partial charge >= 0.3 is 0 Å². The van der Waals surface area contributed by atoms with Crippen LogP contribution in [-0.2, 0) is 0 Å². The lowest BCUT2D eigenvalue weighted by atomic mass is 10.1. The van der Waals surface area contributed by atoms with Gasteiger partial charge in [-0.05, 0) is 30.5 Å². The largest absolute Gasteiger partial charge is 0.504 e. The van der Waals surface area contributed by atoms with Crippen molar-refractivity contribution in [3.8, 4) is 11.5 Å². The molecule has 96 valence electrons. The summed E-state index contributed by atoms with van der Waals surface area (Å²) in [7, 11) is 1.54. The van der Waals surface area contributed by atoms with Crippen molar-refractivity contribution in [3.63, 3.8) is 0 Å². The van der Waals surface area contributed by atoms with E-state index in [4.69, 9.17) is 10.5 Å². The number of methoxy groups -OCH3 is 1. The van der Waals surface area contributed by atoms with E-state index < -0.39 is 0 Å². The smallest absolute Gasteiger partial charge is 0.161 e. The molecule has 0 aliphatic heterocycles. The van der Waals surface area contributed by atoms with Gasteiger partial charge in [0.1, 0.15) is 0 Å². The number of phenolic OH excluding ortho intramolecular Hbond substituents is 1. The van der Waals surface area contributed by atoms with Gasteiger partial charge in [0, 0.05) is 6.04 Å². The molecule has 1 unspecified atom stereocenters. The molecule has 0 amide bonds. The molecule has 0 saturated heterocycles. The molecule has 3 nitrogen and oxygen atoms in total. The lowest BCUT2D eigenvalue weighted by Gasteiger charge is -2.05. The van der Waals surface area contributed by atoms with Gasteiger partial charge in [-0.2, -0.15) is 0 Å². The number of ether oxygens (including phenoxy) is 1. The maximum absolute atomic E-state index is 9.42. The number of aromatic hydroxyl groups is 1. The third-order valence-corrected chi connectivity index (χ3v) is 2.48. The first-order valence-electron chi connectivity index (χ1n) is 5.46. The second kappa shape index (κ2) is 7.98. The summed E-state index contributed by atoms with van der Waals surface area (Å²) in [5.41, 5.74) is 6.80. The molecular weight excluding hydrogens is 238 g/mol. The average molecular weight is 258 g/mol. The molecule has 1 atom stereocenters. The van der Waals surface area contributed by atoms with Gasteiger partial charge in [0.15, 0.2) is 11.5 Å². The van der Waals surface area contributed by atoms with Gasteiger partial charge in [0.05, 0.1) is 7.11 Å². The summed E-state index contributed by atoms with van der Waals surface area (Å²) in [6.45, 7) is 2.07. The van der Waals surface area contributed by atoms with E-state index in [1.54, 1.807) is 12.1 Å². The Hall–Kier alpha value is -1.19. The van der Waals surface area contributed by atoms with Crippen LogP contribution in [0.15, 0.2) is 24.3 Å². The highest BCUT2D eigenvalue weighted by Crippen LogP contribution is 2.26. The Morgan fingerprint density at radius 3 is 2.76 bits per heavy atom. The van der Waals surface area contributed by atoms with E-state index in [0.29, 0.717) is 5.75 Å². The quantitative estimate of drug-likeness (QED) is 0.853. The van der Waals surface area contributed by atoms with E-state index in [1.807, 2.05) is 18.2 Å². The minimum atomic E-state index is 0. The van der Waals surface area contributed by atoms with E-state index in [1.165, 1.54) is 7.11 Å². The van der Waals surface area contributed by atoms with E-state index >= 15 is 0 Å². The van der Waals surface area contributed by atoms with Gasteiger partial charge < -0.3 is 15.6 Å². The standard InChI is InChI=1S/C13H19NO2.ClH/c1-3-11(14)6-4-5-10-7-8-12(15)13(9-10)16-2;/h4-5,7-9,11,15H,3,6,14H2,1-2H3;1H/b5-4+;. The van der Waals surface area contributed by atoms with E-state index in [2.05, 4.69) is 6.92 Å². The molecule has 0 spiro atoms. The van der Waals surface area contributed by atoms with Gasteiger partial charge in [-0.25, -0.2) is 0 Å². The van der Waals surface area contributed by atoms with Gasteiger partial charge in [-0.3, -0.25) is 0 Å². The lowest BCUT2D eigenvalue weighted by molar-refractivity contribution is 0.373. The van der Waals surface area contributed by atoms with Crippen molar-refractivity contribution in [1.29, 1.82) is 0 Å². The number of nitrogens with two attached hydrogens (primary N) is 1. The summed E-state index contributed by atoms with van der Waals surface area (Å²) in [6.07, 6.45) is 5.86. The predicted octanol–water partition coefficient (Wildman–Crippen LogP) is 2.96. The number of hydrogen-bond acceptors (Lipinski definition) is 3. The van der Waals surface area contributed by atoms with Crippen molar-refractivity contribution >= 4 is 18.5 Å². The van der Waals surface area contributed by atoms with Crippen molar-refractivity contribution in [1.82, 2.24) is 0 Å². The van der Waals surface area contributed by atoms with Crippen LogP contribution in [0.3, 0.4) is 0 Å². The number of benzene rings is 1. The van der Waals surface area contributed by atoms with E-state index in [9.17, 15) is 5.11 Å². The Balaban J connectivity index is 0.00000256. The molecule has 4 heteroatoms. The Morgan fingerprint density at radius 2 is 2.18 bits per heavy atom. The van der Waals surface area contributed by atoms with Crippen LogP contribution >= 0.6 is 12.4 Å². The number of rotatable bonds is 5. The highest BCUT2D eigenvalue weighted by molar-refractivity contribution is 5.85. The zero-order valence-corrected chi connectivity index (χ0v) is 11.0. The van der Waals surface area contributed by atoms with Crippen LogP contribution in [0.5, 0.6) is 11.5 Å². The maximum atomic E-state index is 9.42. The molecule has 0 bridgehead atoms. The van der Waals surface area contributed by atoms with Crippen LogP contribution in [0.25, 0.3) is 6.08 Å². The van der Waals surface area contributed by atoms with Crippen LogP contribution in [-0.4, -0.2) is 18.3 Å². The molecule has 1 aromatic rings. The van der Waals surface area contributed by atoms with Crippen molar-refractivity contribution in [3.05, 3.63) is 29.8 Å². The summed E-state index contributed by atoms with van der Waals surface area (Å²) in [5, 5.41) is 9.42. The van der Waals surface area contributed by atoms with Crippen LogP contribution in [0.2, 0.25) is 0 Å². The van der Waals surface area contributed by atoms with Gasteiger partial charge in [0.2, 0.25) is 0 Å². The number of halogens is 1. The van der Waals surface area contributed by atoms with Gasteiger partial charge in [-0.15, -0.1) is 12.4 Å². The third kappa shape index (κ3) is 5.11. The first-order chi connectivity index (χ1) is 7.67. The minimum Gasteiger partial charge on any atom is -0.504 e. The highest BCUT2D eigenvalue weighted by atomic mass is 35.5. The Kier molecular flexibility index (Phi) is 7.42. The molecule has 17 heavy (non-hydrogen) atoms. The first-order valence-corrected chi connectivity index (χ1v) is 5.46. The Morgan fingerprint density at radius 1 is 1.47 bits per heavy atom. The summed E-state index contributed by atoms with van der Waals surface area (Å²) < 4.78 is 5.03. The molecule has 0 radical (unpaired) electrons. The normalized spacial score (nSPS) is 12.2. The predicted molar refractivity (Wildman–Crippen MR) is 73.8 cm³/mol. The minimum absolute atomic E-state index is 0. The Labute approximate surface area is 109 Å². The zero-order chi connectivity index (χ0) is 12.0. The monoisotopic (exact) mass is 257 g/mol. The number of phenols is 1. The zero-order valence-electron chi connectivity index (χ0n) is 10.2. The molecule has 1 aromatic carbocycles. The number of hydrogen-bond donors (Lipinski definition) is 2. The van der Waals surface area contributed by atoms with Crippen molar-refractivity contribution < 1.29 is 9.84 Å². The van der Waals surface area contributed by atoms with Gasteiger partial charge in [-0.1, -0.05) is 25.1 Å². The van der Waals surface area contributed by atoms with E-state index in [0.717, 1.165) is 18.4 Å². The molecular formula is C13H20ClNO2. The summed E-state index contributed by atoms with van der Waals surface area (Å²) in [6, 6.07) is 5.48. The van der Waals surface area contributed by atoms with E-state index in [-0.39, 0.29) is 24.2 Å². The Bertz CT molecular complexity index is 366. The topological polar surface area (TPSA) is 55.5 Å². The molecule has 0 heterocycles. The third-order valence-electron chi connectivity index (χ3n) is 2.48. The molecule has 0 aromatic heterocycles. The average Bonchev–Trinajstić information content (AvgIpc) is 2.31. The SMILES string of the molecule is CCC(N)C/C=C/c1ccc(O)c(OC)c1.Cl. The maximum Gasteiger partial charge on any atom is 0.161 e. The van der Waals surface area contributed by atoms with Crippen LogP contribution in [0, 0.1) is 0 Å². The molecule has 0 saturated carbocycles. The first kappa shape index (κ1) is 15.8. The van der Waals surface area contributed by atoms with Crippen LogP contribution in [0.4, 0.5) is 0 Å². The fraction of sp³-hybridized carbons (Fsp3) is 0.385. The second-order valence-electron chi connectivity index (χ2n) is 3.74. The van der Waals surface area contributed by atoms with Crippen molar-refractivity contribution in [2.75, 3.05) is 7.11 Å². The highest BCUT2D eigenvalue weighted by Gasteiger charge is 2.00. The summed E-state index contributed by atoms with van der Waals surface area (Å²) in [5.74, 6) is 0.645. The van der Waals surface area contributed by atoms with Crippen molar-refractivity contribution in [2.45, 2.75) is 25.8 Å². The fourth-order valence-electron chi connectivity index (χ4n) is 1.34. The van der Waals surface area contributed by atoms with Gasteiger partial charge in [0.25, 0.3) is 0 Å². The molecule has 0 aliphatic carbocycles.